The SMILES string of the molecule is S=C(Nc1ccncc1)N[C@H]1C[C@H]2CC[C@@H]1C2. The van der Waals surface area contributed by atoms with Crippen LogP contribution in [0.3, 0.4) is 0 Å². The maximum absolute atomic E-state index is 5.35. The molecule has 1 heterocycles. The lowest BCUT2D eigenvalue weighted by atomic mass is 9.96. The maximum Gasteiger partial charge on any atom is 0.171 e. The van der Waals surface area contributed by atoms with Gasteiger partial charge < -0.3 is 10.6 Å². The lowest BCUT2D eigenvalue weighted by Gasteiger charge is -2.24. The zero-order valence-electron chi connectivity index (χ0n) is 9.73. The molecule has 0 unspecified atom stereocenters. The number of nitrogens with zero attached hydrogens (tertiary/aromatic N) is 1. The van der Waals surface area contributed by atoms with Crippen LogP contribution in [0.5, 0.6) is 0 Å². The Kier molecular flexibility index (Phi) is 2.97. The molecular weight excluding hydrogens is 230 g/mol. The Morgan fingerprint density at radius 3 is 2.71 bits per heavy atom. The van der Waals surface area contributed by atoms with Gasteiger partial charge in [0.1, 0.15) is 0 Å². The smallest absolute Gasteiger partial charge is 0.171 e. The van der Waals surface area contributed by atoms with Crippen LogP contribution in [0.1, 0.15) is 25.7 Å². The summed E-state index contributed by atoms with van der Waals surface area (Å²) in [4.78, 5) is 3.98. The van der Waals surface area contributed by atoms with E-state index in [0.717, 1.165) is 22.6 Å². The van der Waals surface area contributed by atoms with Gasteiger partial charge in [0.05, 0.1) is 0 Å². The molecule has 17 heavy (non-hydrogen) atoms. The third-order valence-electron chi connectivity index (χ3n) is 3.99. The highest BCUT2D eigenvalue weighted by Crippen LogP contribution is 2.44. The van der Waals surface area contributed by atoms with E-state index in [1.165, 1.54) is 25.7 Å². The van der Waals surface area contributed by atoms with Crippen LogP contribution in [-0.2, 0) is 0 Å². The summed E-state index contributed by atoms with van der Waals surface area (Å²) in [5.74, 6) is 1.79. The molecule has 2 fully saturated rings. The monoisotopic (exact) mass is 247 g/mol. The molecule has 2 aliphatic carbocycles. The lowest BCUT2D eigenvalue weighted by molar-refractivity contribution is 0.392. The third-order valence-corrected chi connectivity index (χ3v) is 4.21. The molecule has 2 aliphatic rings. The third kappa shape index (κ3) is 2.41. The van der Waals surface area contributed by atoms with E-state index in [2.05, 4.69) is 15.6 Å². The second kappa shape index (κ2) is 4.61. The number of aromatic nitrogens is 1. The number of fused-ring (bicyclic) bond motifs is 2. The summed E-state index contributed by atoms with van der Waals surface area (Å²) >= 11 is 5.35. The summed E-state index contributed by atoms with van der Waals surface area (Å²) < 4.78 is 0. The Morgan fingerprint density at radius 1 is 1.24 bits per heavy atom. The minimum Gasteiger partial charge on any atom is -0.359 e. The van der Waals surface area contributed by atoms with Crippen LogP contribution in [0.4, 0.5) is 5.69 Å². The highest BCUT2D eigenvalue weighted by atomic mass is 32.1. The van der Waals surface area contributed by atoms with Gasteiger partial charge in [0, 0.05) is 24.1 Å². The molecule has 2 bridgehead atoms. The van der Waals surface area contributed by atoms with Crippen molar-refractivity contribution in [2.75, 3.05) is 5.32 Å². The second-order valence-corrected chi connectivity index (χ2v) is 5.52. The van der Waals surface area contributed by atoms with Crippen molar-refractivity contribution >= 4 is 23.0 Å². The molecule has 0 saturated heterocycles. The molecule has 3 rings (SSSR count). The predicted octanol–water partition coefficient (Wildman–Crippen LogP) is 2.56. The minimum absolute atomic E-state index is 0.593. The van der Waals surface area contributed by atoms with E-state index >= 15 is 0 Å². The summed E-state index contributed by atoms with van der Waals surface area (Å²) in [6, 6.07) is 4.44. The van der Waals surface area contributed by atoms with Crippen LogP contribution in [0, 0.1) is 11.8 Å². The summed E-state index contributed by atoms with van der Waals surface area (Å²) in [7, 11) is 0. The van der Waals surface area contributed by atoms with Crippen molar-refractivity contribution in [1.29, 1.82) is 0 Å². The highest BCUT2D eigenvalue weighted by Gasteiger charge is 2.39. The van der Waals surface area contributed by atoms with Crippen molar-refractivity contribution in [2.24, 2.45) is 11.8 Å². The van der Waals surface area contributed by atoms with E-state index in [4.69, 9.17) is 12.2 Å². The number of hydrogen-bond donors (Lipinski definition) is 2. The van der Waals surface area contributed by atoms with Crippen molar-refractivity contribution < 1.29 is 0 Å². The highest BCUT2D eigenvalue weighted by molar-refractivity contribution is 7.80. The average Bonchev–Trinajstić information content (AvgIpc) is 2.92. The van der Waals surface area contributed by atoms with E-state index in [1.807, 2.05) is 12.1 Å². The van der Waals surface area contributed by atoms with Gasteiger partial charge in [0.2, 0.25) is 0 Å². The van der Waals surface area contributed by atoms with Crippen LogP contribution in [0.25, 0.3) is 0 Å². The van der Waals surface area contributed by atoms with Gasteiger partial charge in [-0.3, -0.25) is 4.98 Å². The number of anilines is 1. The normalized spacial score (nSPS) is 30.2. The van der Waals surface area contributed by atoms with Gasteiger partial charge in [-0.05, 0) is 55.4 Å². The van der Waals surface area contributed by atoms with E-state index in [-0.39, 0.29) is 0 Å². The molecule has 4 heteroatoms. The molecule has 1 aromatic heterocycles. The van der Waals surface area contributed by atoms with Crippen LogP contribution in [0.2, 0.25) is 0 Å². The first kappa shape index (κ1) is 11.0. The van der Waals surface area contributed by atoms with E-state index in [0.29, 0.717) is 6.04 Å². The first-order chi connectivity index (χ1) is 8.31. The van der Waals surface area contributed by atoms with Crippen molar-refractivity contribution in [3.05, 3.63) is 24.5 Å². The largest absolute Gasteiger partial charge is 0.359 e. The molecule has 0 spiro atoms. The number of pyridine rings is 1. The van der Waals surface area contributed by atoms with Crippen molar-refractivity contribution in [3.63, 3.8) is 0 Å². The Labute approximate surface area is 107 Å². The van der Waals surface area contributed by atoms with Crippen LogP contribution < -0.4 is 10.6 Å². The van der Waals surface area contributed by atoms with Gasteiger partial charge in [-0.15, -0.1) is 0 Å². The molecule has 2 N–H and O–H groups in total. The van der Waals surface area contributed by atoms with Gasteiger partial charge in [-0.1, -0.05) is 6.42 Å². The fourth-order valence-corrected chi connectivity index (χ4v) is 3.46. The summed E-state index contributed by atoms with van der Waals surface area (Å²) in [6.45, 7) is 0. The Bertz CT molecular complexity index is 406. The molecular formula is C13H17N3S. The topological polar surface area (TPSA) is 37.0 Å². The molecule has 1 aromatic rings. The molecule has 90 valence electrons. The Morgan fingerprint density at radius 2 is 2.06 bits per heavy atom. The first-order valence-corrected chi connectivity index (χ1v) is 6.69. The number of hydrogen-bond acceptors (Lipinski definition) is 2. The van der Waals surface area contributed by atoms with Crippen molar-refractivity contribution in [3.8, 4) is 0 Å². The molecule has 0 amide bonds. The minimum atomic E-state index is 0.593. The molecule has 0 aliphatic heterocycles. The Balaban J connectivity index is 1.54. The van der Waals surface area contributed by atoms with E-state index < -0.39 is 0 Å². The van der Waals surface area contributed by atoms with Gasteiger partial charge in [0.25, 0.3) is 0 Å². The van der Waals surface area contributed by atoms with Gasteiger partial charge >= 0.3 is 0 Å². The Hall–Kier alpha value is -1.16. The number of nitrogens with one attached hydrogen (secondary N) is 2. The first-order valence-electron chi connectivity index (χ1n) is 6.29. The summed E-state index contributed by atoms with van der Waals surface area (Å²) in [5, 5.41) is 7.41. The molecule has 2 saturated carbocycles. The molecule has 3 nitrogen and oxygen atoms in total. The van der Waals surface area contributed by atoms with Crippen LogP contribution >= 0.6 is 12.2 Å². The average molecular weight is 247 g/mol. The zero-order valence-corrected chi connectivity index (χ0v) is 10.5. The standard InChI is InChI=1S/C13H17N3S/c17-13(15-11-3-5-14-6-4-11)16-12-8-9-1-2-10(12)7-9/h3-6,9-10,12H,1-2,7-8H2,(H2,14,15,16,17)/t9-,10+,12-/m0/s1. The van der Waals surface area contributed by atoms with Crippen LogP contribution in [-0.4, -0.2) is 16.1 Å². The molecule has 0 radical (unpaired) electrons. The fraction of sp³-hybridized carbons (Fsp3) is 0.538. The van der Waals surface area contributed by atoms with Gasteiger partial charge in [-0.25, -0.2) is 0 Å². The summed E-state index contributed by atoms with van der Waals surface area (Å²) in [5.41, 5.74) is 1.00. The van der Waals surface area contributed by atoms with Crippen molar-refractivity contribution in [2.45, 2.75) is 31.7 Å². The number of thiocarbonyl (C=S) groups is 1. The zero-order chi connectivity index (χ0) is 11.7. The van der Waals surface area contributed by atoms with E-state index in [9.17, 15) is 0 Å². The van der Waals surface area contributed by atoms with Crippen molar-refractivity contribution in [1.82, 2.24) is 10.3 Å². The second-order valence-electron chi connectivity index (χ2n) is 5.12. The predicted molar refractivity (Wildman–Crippen MR) is 72.8 cm³/mol. The fourth-order valence-electron chi connectivity index (χ4n) is 3.19. The maximum atomic E-state index is 5.35. The summed E-state index contributed by atoms with van der Waals surface area (Å²) in [6.07, 6.45) is 9.02. The van der Waals surface area contributed by atoms with Gasteiger partial charge in [-0.2, -0.15) is 0 Å². The van der Waals surface area contributed by atoms with Crippen LogP contribution in [0.15, 0.2) is 24.5 Å². The molecule has 0 aromatic carbocycles. The lowest BCUT2D eigenvalue weighted by Crippen LogP contribution is -2.40. The quantitative estimate of drug-likeness (QED) is 0.788. The van der Waals surface area contributed by atoms with E-state index in [1.54, 1.807) is 12.4 Å². The van der Waals surface area contributed by atoms with Gasteiger partial charge in [0.15, 0.2) is 5.11 Å². The number of rotatable bonds is 2. The molecule has 3 atom stereocenters.